The van der Waals surface area contributed by atoms with E-state index in [9.17, 15) is 14.4 Å². The van der Waals surface area contributed by atoms with Crippen molar-refractivity contribution in [3.8, 4) is 11.5 Å². The first kappa shape index (κ1) is 22.1. The molecule has 8 nitrogen and oxygen atoms in total. The van der Waals surface area contributed by atoms with Gasteiger partial charge in [0.15, 0.2) is 0 Å². The number of amides is 4. The predicted octanol–water partition coefficient (Wildman–Crippen LogP) is 2.27. The van der Waals surface area contributed by atoms with Crippen LogP contribution in [-0.2, 0) is 15.1 Å². The fraction of sp³-hybridized carbons (Fsp3) is 0.348. The number of hydrogen-bond acceptors (Lipinski definition) is 5. The van der Waals surface area contributed by atoms with E-state index in [0.717, 1.165) is 21.8 Å². The van der Waals surface area contributed by atoms with Crippen molar-refractivity contribution in [3.63, 3.8) is 0 Å². The third-order valence-electron chi connectivity index (χ3n) is 5.26. The second-order valence-electron chi connectivity index (χ2n) is 7.64. The van der Waals surface area contributed by atoms with Crippen LogP contribution in [0.15, 0.2) is 42.5 Å². The molecule has 1 fully saturated rings. The number of nitrogens with zero attached hydrogens (tertiary/aromatic N) is 1. The zero-order valence-electron chi connectivity index (χ0n) is 18.2. The Morgan fingerprint density at radius 3 is 2.48 bits per heavy atom. The molecule has 31 heavy (non-hydrogen) atoms. The molecule has 2 N–H and O–H groups in total. The Balaban J connectivity index is 1.53. The zero-order valence-corrected chi connectivity index (χ0v) is 18.2. The van der Waals surface area contributed by atoms with E-state index >= 15 is 0 Å². The maximum atomic E-state index is 12.9. The fourth-order valence-corrected chi connectivity index (χ4v) is 3.47. The van der Waals surface area contributed by atoms with Crippen LogP contribution in [0.25, 0.3) is 0 Å². The summed E-state index contributed by atoms with van der Waals surface area (Å²) in [5.41, 5.74) is 1.53. The average molecular weight is 425 g/mol. The van der Waals surface area contributed by atoms with E-state index in [1.165, 1.54) is 0 Å². The summed E-state index contributed by atoms with van der Waals surface area (Å²) in [5, 5.41) is 5.36. The number of carbonyl (C=O) groups excluding carboxylic acids is 3. The third kappa shape index (κ3) is 4.79. The number of carbonyl (C=O) groups is 3. The van der Waals surface area contributed by atoms with Gasteiger partial charge < -0.3 is 20.1 Å². The summed E-state index contributed by atoms with van der Waals surface area (Å²) in [6.45, 7) is 5.75. The van der Waals surface area contributed by atoms with E-state index in [0.29, 0.717) is 11.3 Å². The van der Waals surface area contributed by atoms with Crippen molar-refractivity contribution in [2.75, 3.05) is 26.8 Å². The molecule has 0 bridgehead atoms. The number of benzene rings is 2. The van der Waals surface area contributed by atoms with Crippen molar-refractivity contribution in [2.24, 2.45) is 0 Å². The number of nitrogens with one attached hydrogen (secondary N) is 2. The summed E-state index contributed by atoms with van der Waals surface area (Å²) < 4.78 is 10.8. The monoisotopic (exact) mass is 425 g/mol. The molecule has 1 saturated heterocycles. The lowest BCUT2D eigenvalue weighted by Gasteiger charge is -2.22. The summed E-state index contributed by atoms with van der Waals surface area (Å²) in [7, 11) is 1.55. The highest BCUT2D eigenvalue weighted by molar-refractivity contribution is 6.09. The Labute approximate surface area is 181 Å². The van der Waals surface area contributed by atoms with Gasteiger partial charge in [0, 0.05) is 0 Å². The van der Waals surface area contributed by atoms with Gasteiger partial charge in [-0.15, -0.1) is 0 Å². The molecule has 1 aliphatic heterocycles. The molecular weight excluding hydrogens is 398 g/mol. The van der Waals surface area contributed by atoms with Crippen molar-refractivity contribution in [3.05, 3.63) is 59.2 Å². The summed E-state index contributed by atoms with van der Waals surface area (Å²) >= 11 is 0. The molecule has 1 aliphatic rings. The SMILES string of the molecule is COc1ccc([C@]2(C)NC(=O)N(CC(=O)NCCOc3ccc(C)cc3C)C2=O)cc1. The van der Waals surface area contributed by atoms with Gasteiger partial charge in [0.2, 0.25) is 5.91 Å². The van der Waals surface area contributed by atoms with Crippen molar-refractivity contribution in [1.29, 1.82) is 0 Å². The minimum atomic E-state index is -1.24. The van der Waals surface area contributed by atoms with Crippen LogP contribution in [0, 0.1) is 13.8 Å². The van der Waals surface area contributed by atoms with Crippen LogP contribution in [0.2, 0.25) is 0 Å². The van der Waals surface area contributed by atoms with Crippen molar-refractivity contribution < 1.29 is 23.9 Å². The number of imide groups is 1. The quantitative estimate of drug-likeness (QED) is 0.500. The van der Waals surface area contributed by atoms with Gasteiger partial charge in [0.25, 0.3) is 5.91 Å². The highest BCUT2D eigenvalue weighted by Crippen LogP contribution is 2.29. The van der Waals surface area contributed by atoms with E-state index in [2.05, 4.69) is 10.6 Å². The smallest absolute Gasteiger partial charge is 0.325 e. The Hall–Kier alpha value is -3.55. The van der Waals surface area contributed by atoms with Crippen LogP contribution in [0.5, 0.6) is 11.5 Å². The van der Waals surface area contributed by atoms with E-state index < -0.39 is 23.4 Å². The van der Waals surface area contributed by atoms with Crippen molar-refractivity contribution in [2.45, 2.75) is 26.3 Å². The lowest BCUT2D eigenvalue weighted by atomic mass is 9.92. The normalized spacial score (nSPS) is 18.0. The van der Waals surface area contributed by atoms with Crippen molar-refractivity contribution in [1.82, 2.24) is 15.5 Å². The van der Waals surface area contributed by atoms with Gasteiger partial charge in [-0.3, -0.25) is 14.5 Å². The van der Waals surface area contributed by atoms with E-state index in [-0.39, 0.29) is 19.7 Å². The number of methoxy groups -OCH3 is 1. The van der Waals surface area contributed by atoms with Gasteiger partial charge in [-0.25, -0.2) is 4.79 Å². The van der Waals surface area contributed by atoms with E-state index in [4.69, 9.17) is 9.47 Å². The van der Waals surface area contributed by atoms with Gasteiger partial charge >= 0.3 is 6.03 Å². The summed E-state index contributed by atoms with van der Waals surface area (Å²) in [4.78, 5) is 38.5. The Kier molecular flexibility index (Phi) is 6.48. The second-order valence-corrected chi connectivity index (χ2v) is 7.64. The molecular formula is C23H27N3O5. The van der Waals surface area contributed by atoms with Gasteiger partial charge in [-0.05, 0) is 50.1 Å². The highest BCUT2D eigenvalue weighted by Gasteiger charge is 2.49. The van der Waals surface area contributed by atoms with Crippen LogP contribution in [-0.4, -0.2) is 49.6 Å². The molecule has 0 radical (unpaired) electrons. The van der Waals surface area contributed by atoms with Gasteiger partial charge in [-0.2, -0.15) is 0 Å². The number of urea groups is 1. The maximum Gasteiger partial charge on any atom is 0.325 e. The minimum absolute atomic E-state index is 0.256. The Morgan fingerprint density at radius 2 is 1.84 bits per heavy atom. The lowest BCUT2D eigenvalue weighted by Crippen LogP contribution is -2.43. The number of aryl methyl sites for hydroxylation is 2. The van der Waals surface area contributed by atoms with Crippen LogP contribution in [0.3, 0.4) is 0 Å². The topological polar surface area (TPSA) is 97.0 Å². The average Bonchev–Trinajstić information content (AvgIpc) is 2.96. The number of rotatable bonds is 8. The van der Waals surface area contributed by atoms with Crippen LogP contribution < -0.4 is 20.1 Å². The molecule has 8 heteroatoms. The van der Waals surface area contributed by atoms with Crippen molar-refractivity contribution >= 4 is 17.8 Å². The molecule has 0 spiro atoms. The molecule has 2 aromatic carbocycles. The fourth-order valence-electron chi connectivity index (χ4n) is 3.47. The summed E-state index contributed by atoms with van der Waals surface area (Å²) in [5.74, 6) is 0.476. The van der Waals surface area contributed by atoms with Crippen LogP contribution in [0.4, 0.5) is 4.79 Å². The molecule has 1 atom stereocenters. The van der Waals surface area contributed by atoms with Gasteiger partial charge in [0.1, 0.15) is 30.2 Å². The zero-order chi connectivity index (χ0) is 22.6. The molecule has 4 amide bonds. The molecule has 0 saturated carbocycles. The van der Waals surface area contributed by atoms with Crippen LogP contribution >= 0.6 is 0 Å². The molecule has 1 heterocycles. The highest BCUT2D eigenvalue weighted by atomic mass is 16.5. The lowest BCUT2D eigenvalue weighted by molar-refractivity contribution is -0.134. The number of hydrogen-bond donors (Lipinski definition) is 2. The van der Waals surface area contributed by atoms with Gasteiger partial charge in [-0.1, -0.05) is 29.8 Å². The third-order valence-corrected chi connectivity index (χ3v) is 5.26. The van der Waals surface area contributed by atoms with Crippen LogP contribution in [0.1, 0.15) is 23.6 Å². The van der Waals surface area contributed by atoms with E-state index in [1.807, 2.05) is 32.0 Å². The molecule has 2 aromatic rings. The standard InChI is InChI=1S/C23H27N3O5/c1-15-5-10-19(16(2)13-15)31-12-11-24-20(27)14-26-21(28)23(3,25-22(26)29)17-6-8-18(30-4)9-7-17/h5-10,13H,11-12,14H2,1-4H3,(H,24,27)(H,25,29)/t23-/m0/s1. The summed E-state index contributed by atoms with van der Waals surface area (Å²) in [6.07, 6.45) is 0. The minimum Gasteiger partial charge on any atom is -0.497 e. The Bertz CT molecular complexity index is 989. The largest absolute Gasteiger partial charge is 0.497 e. The molecule has 164 valence electrons. The first-order valence-electron chi connectivity index (χ1n) is 10.00. The maximum absolute atomic E-state index is 12.9. The molecule has 0 aliphatic carbocycles. The first-order chi connectivity index (χ1) is 14.7. The Morgan fingerprint density at radius 1 is 1.13 bits per heavy atom. The molecule has 3 rings (SSSR count). The first-order valence-corrected chi connectivity index (χ1v) is 10.00. The molecule has 0 aromatic heterocycles. The number of ether oxygens (including phenoxy) is 2. The van der Waals surface area contributed by atoms with Gasteiger partial charge in [0.05, 0.1) is 13.7 Å². The summed E-state index contributed by atoms with van der Waals surface area (Å²) in [6, 6.07) is 12.1. The predicted molar refractivity (Wildman–Crippen MR) is 115 cm³/mol. The second kappa shape index (κ2) is 9.07. The van der Waals surface area contributed by atoms with E-state index in [1.54, 1.807) is 38.3 Å². The molecule has 0 unspecified atom stereocenters.